The summed E-state index contributed by atoms with van der Waals surface area (Å²) in [6.45, 7) is 0. The molecule has 0 amide bonds. The van der Waals surface area contributed by atoms with Gasteiger partial charge in [0.25, 0.3) is 0 Å². The highest BCUT2D eigenvalue weighted by molar-refractivity contribution is 5.73. The number of allylic oxidation sites excluding steroid dienone is 2. The van der Waals surface area contributed by atoms with Gasteiger partial charge in [-0.05, 0) is 16.7 Å². The summed E-state index contributed by atoms with van der Waals surface area (Å²) in [5.41, 5.74) is 10.2. The summed E-state index contributed by atoms with van der Waals surface area (Å²) in [6.07, 6.45) is 6.43. The van der Waals surface area contributed by atoms with E-state index in [0.29, 0.717) is 0 Å². The maximum atomic E-state index is 6.47. The molecule has 0 spiro atoms. The van der Waals surface area contributed by atoms with Crippen molar-refractivity contribution in [2.75, 3.05) is 0 Å². The van der Waals surface area contributed by atoms with E-state index in [4.69, 9.17) is 5.73 Å². The topological polar surface area (TPSA) is 26.0 Å². The van der Waals surface area contributed by atoms with Crippen molar-refractivity contribution in [2.45, 2.75) is 12.0 Å². The molecule has 19 heavy (non-hydrogen) atoms. The summed E-state index contributed by atoms with van der Waals surface area (Å²) >= 11 is 0. The van der Waals surface area contributed by atoms with Crippen LogP contribution in [0.5, 0.6) is 0 Å². The van der Waals surface area contributed by atoms with Crippen LogP contribution >= 0.6 is 0 Å². The van der Waals surface area contributed by atoms with Gasteiger partial charge >= 0.3 is 0 Å². The summed E-state index contributed by atoms with van der Waals surface area (Å²) in [7, 11) is 0. The van der Waals surface area contributed by atoms with Gasteiger partial charge in [0.15, 0.2) is 0 Å². The van der Waals surface area contributed by atoms with Crippen LogP contribution in [0.15, 0.2) is 78.9 Å². The van der Waals surface area contributed by atoms with Crippen LogP contribution in [0, 0.1) is 0 Å². The molecular weight excluding hydrogens is 230 g/mol. The first-order valence-electron chi connectivity index (χ1n) is 6.60. The van der Waals surface area contributed by atoms with Crippen LogP contribution in [0.1, 0.15) is 17.0 Å². The molecule has 1 heteroatoms. The second-order valence-electron chi connectivity index (χ2n) is 4.84. The van der Waals surface area contributed by atoms with Gasteiger partial charge in [-0.3, -0.25) is 0 Å². The van der Waals surface area contributed by atoms with Gasteiger partial charge in [0.05, 0.1) is 0 Å². The van der Waals surface area contributed by atoms with Crippen molar-refractivity contribution in [3.63, 3.8) is 0 Å². The van der Waals surface area contributed by atoms with Crippen LogP contribution in [-0.4, -0.2) is 6.04 Å². The lowest BCUT2D eigenvalue weighted by Gasteiger charge is -2.27. The second-order valence-corrected chi connectivity index (χ2v) is 4.84. The van der Waals surface area contributed by atoms with E-state index < -0.39 is 0 Å². The average molecular weight is 247 g/mol. The number of benzene rings is 2. The van der Waals surface area contributed by atoms with Crippen LogP contribution in [0.2, 0.25) is 0 Å². The Labute approximate surface area is 114 Å². The molecule has 1 nitrogen and oxygen atoms in total. The van der Waals surface area contributed by atoms with Crippen LogP contribution < -0.4 is 5.73 Å². The highest BCUT2D eigenvalue weighted by Crippen LogP contribution is 2.32. The van der Waals surface area contributed by atoms with E-state index in [-0.39, 0.29) is 12.0 Å². The zero-order valence-electron chi connectivity index (χ0n) is 10.7. The first-order valence-corrected chi connectivity index (χ1v) is 6.60. The normalized spacial score (nSPS) is 22.1. The van der Waals surface area contributed by atoms with Crippen molar-refractivity contribution in [1.82, 2.24) is 0 Å². The lowest BCUT2D eigenvalue weighted by atomic mass is 9.81. The Morgan fingerprint density at radius 3 is 2.11 bits per heavy atom. The highest BCUT2D eigenvalue weighted by atomic mass is 14.7. The maximum Gasteiger partial charge on any atom is 0.0405 e. The molecule has 1 aliphatic carbocycles. The fourth-order valence-corrected chi connectivity index (χ4v) is 2.62. The number of hydrogen-bond acceptors (Lipinski definition) is 1. The Morgan fingerprint density at radius 1 is 0.789 bits per heavy atom. The van der Waals surface area contributed by atoms with Gasteiger partial charge in [0.1, 0.15) is 0 Å². The lowest BCUT2D eigenvalue weighted by molar-refractivity contribution is 0.729. The minimum absolute atomic E-state index is 0.00907. The van der Waals surface area contributed by atoms with E-state index in [1.807, 2.05) is 12.1 Å². The average Bonchev–Trinajstić information content (AvgIpc) is 2.49. The molecule has 2 aromatic carbocycles. The molecule has 0 bridgehead atoms. The van der Waals surface area contributed by atoms with Crippen molar-refractivity contribution >= 4 is 5.57 Å². The van der Waals surface area contributed by atoms with Crippen LogP contribution in [0.4, 0.5) is 0 Å². The van der Waals surface area contributed by atoms with E-state index >= 15 is 0 Å². The molecular formula is C18H17N. The minimum atomic E-state index is 0.00907. The van der Waals surface area contributed by atoms with Gasteiger partial charge in [-0.25, -0.2) is 0 Å². The van der Waals surface area contributed by atoms with E-state index in [2.05, 4.69) is 66.8 Å². The van der Waals surface area contributed by atoms with Crippen molar-refractivity contribution in [3.8, 4) is 0 Å². The second kappa shape index (κ2) is 5.25. The molecule has 2 aromatic rings. The summed E-state index contributed by atoms with van der Waals surface area (Å²) in [5.74, 6) is 0.251. The summed E-state index contributed by atoms with van der Waals surface area (Å²) in [6, 6.07) is 20.8. The smallest absolute Gasteiger partial charge is 0.0405 e. The van der Waals surface area contributed by atoms with Crippen LogP contribution in [-0.2, 0) is 0 Å². The monoisotopic (exact) mass is 247 g/mol. The van der Waals surface area contributed by atoms with Gasteiger partial charge < -0.3 is 5.73 Å². The predicted molar refractivity (Wildman–Crippen MR) is 80.7 cm³/mol. The van der Waals surface area contributed by atoms with Crippen molar-refractivity contribution in [3.05, 3.63) is 90.0 Å². The molecule has 3 rings (SSSR count). The minimum Gasteiger partial charge on any atom is -0.323 e. The zero-order chi connectivity index (χ0) is 13.1. The van der Waals surface area contributed by atoms with E-state index in [0.717, 1.165) is 0 Å². The first kappa shape index (κ1) is 11.9. The number of hydrogen-bond donors (Lipinski definition) is 1. The van der Waals surface area contributed by atoms with Gasteiger partial charge in [-0.15, -0.1) is 0 Å². The summed E-state index contributed by atoms with van der Waals surface area (Å²) < 4.78 is 0. The van der Waals surface area contributed by atoms with E-state index in [1.54, 1.807) is 0 Å². The Morgan fingerprint density at radius 2 is 1.42 bits per heavy atom. The zero-order valence-corrected chi connectivity index (χ0v) is 10.7. The van der Waals surface area contributed by atoms with Gasteiger partial charge in [-0.2, -0.15) is 0 Å². The molecule has 2 N–H and O–H groups in total. The van der Waals surface area contributed by atoms with Crippen molar-refractivity contribution in [2.24, 2.45) is 5.73 Å². The van der Waals surface area contributed by atoms with Crippen LogP contribution in [0.25, 0.3) is 5.57 Å². The largest absolute Gasteiger partial charge is 0.323 e. The Bertz CT molecular complexity index is 596. The SMILES string of the molecule is NC1C(c2ccccc2)=CC=CC1c1ccccc1. The third kappa shape index (κ3) is 2.38. The summed E-state index contributed by atoms with van der Waals surface area (Å²) in [4.78, 5) is 0. The van der Waals surface area contributed by atoms with E-state index in [1.165, 1.54) is 16.7 Å². The standard InChI is InChI=1S/C18H17N/c19-18-16(14-8-3-1-4-9-14)12-7-13-17(18)15-10-5-2-6-11-15/h1-13,16,18H,19H2. The molecule has 0 heterocycles. The predicted octanol–water partition coefficient (Wildman–Crippen LogP) is 3.75. The fraction of sp³-hybridized carbons (Fsp3) is 0.111. The lowest BCUT2D eigenvalue weighted by Crippen LogP contribution is -2.30. The van der Waals surface area contributed by atoms with Crippen LogP contribution in [0.3, 0.4) is 0 Å². The first-order chi connectivity index (χ1) is 9.36. The molecule has 0 saturated heterocycles. The molecule has 94 valence electrons. The maximum absolute atomic E-state index is 6.47. The van der Waals surface area contributed by atoms with Crippen molar-refractivity contribution < 1.29 is 0 Å². The quantitative estimate of drug-likeness (QED) is 0.859. The molecule has 0 aromatic heterocycles. The number of rotatable bonds is 2. The summed E-state index contributed by atoms with van der Waals surface area (Å²) in [5, 5.41) is 0. The number of nitrogens with two attached hydrogens (primary N) is 1. The highest BCUT2D eigenvalue weighted by Gasteiger charge is 2.23. The molecule has 1 aliphatic rings. The molecule has 0 aliphatic heterocycles. The Hall–Kier alpha value is -2.12. The van der Waals surface area contributed by atoms with Crippen molar-refractivity contribution in [1.29, 1.82) is 0 Å². The third-order valence-corrected chi connectivity index (χ3v) is 3.63. The van der Waals surface area contributed by atoms with E-state index in [9.17, 15) is 0 Å². The molecule has 0 fully saturated rings. The van der Waals surface area contributed by atoms with Gasteiger partial charge in [-0.1, -0.05) is 78.9 Å². The Kier molecular flexibility index (Phi) is 3.30. The third-order valence-electron chi connectivity index (χ3n) is 3.63. The molecule has 0 saturated carbocycles. The van der Waals surface area contributed by atoms with Gasteiger partial charge in [0, 0.05) is 12.0 Å². The van der Waals surface area contributed by atoms with Gasteiger partial charge in [0.2, 0.25) is 0 Å². The molecule has 0 radical (unpaired) electrons. The fourth-order valence-electron chi connectivity index (χ4n) is 2.62. The molecule has 2 atom stereocenters. The molecule has 2 unspecified atom stereocenters. The Balaban J connectivity index is 1.94.